The second kappa shape index (κ2) is 8.23. The molecular weight excluding hydrogens is 425 g/mol. The molecule has 0 aliphatic carbocycles. The topological polar surface area (TPSA) is 125 Å². The lowest BCUT2D eigenvalue weighted by Crippen LogP contribution is -2.12. The standard InChI is InChI=1S/C23H18FN7O2/c1-13-11-28-18-7-4-14(12-31(13)18)19-21(23-27-9-10-33-23)30-22(25)20(29-19)17(32)6-5-16-15(24)3-2-8-26-16/h2-4,7-12H,5-6H2,1H3,(H2,25,30). The zero-order chi connectivity index (χ0) is 22.9. The lowest BCUT2D eigenvalue weighted by atomic mass is 10.1. The molecule has 0 radical (unpaired) electrons. The number of nitrogens with zero attached hydrogens (tertiary/aromatic N) is 6. The Bertz CT molecular complexity index is 1480. The van der Waals surface area contributed by atoms with E-state index in [1.807, 2.05) is 29.7 Å². The van der Waals surface area contributed by atoms with Crippen molar-refractivity contribution < 1.29 is 13.6 Å². The third-order valence-corrected chi connectivity index (χ3v) is 5.21. The smallest absolute Gasteiger partial charge is 0.247 e. The third kappa shape index (κ3) is 3.82. The van der Waals surface area contributed by atoms with Crippen LogP contribution < -0.4 is 5.73 Å². The molecule has 2 N–H and O–H groups in total. The van der Waals surface area contributed by atoms with Crippen molar-refractivity contribution in [3.63, 3.8) is 0 Å². The maximum atomic E-state index is 13.9. The largest absolute Gasteiger partial charge is 0.443 e. The molecule has 5 aromatic rings. The second-order valence-electron chi connectivity index (χ2n) is 7.39. The van der Waals surface area contributed by atoms with Crippen LogP contribution in [0.25, 0.3) is 28.5 Å². The first-order valence-corrected chi connectivity index (χ1v) is 10.2. The van der Waals surface area contributed by atoms with E-state index in [-0.39, 0.29) is 41.7 Å². The van der Waals surface area contributed by atoms with Gasteiger partial charge in [-0.2, -0.15) is 0 Å². The molecule has 0 spiro atoms. The SMILES string of the molecule is Cc1cnc2ccc(-c3nc(C(=O)CCc4ncccc4F)c(N)nc3-c3ncco3)cn12. The number of aryl methyl sites for hydroxylation is 2. The van der Waals surface area contributed by atoms with Crippen LogP contribution in [0.4, 0.5) is 10.2 Å². The van der Waals surface area contributed by atoms with Gasteiger partial charge >= 0.3 is 0 Å². The molecule has 164 valence electrons. The van der Waals surface area contributed by atoms with E-state index in [4.69, 9.17) is 10.2 Å². The van der Waals surface area contributed by atoms with Crippen molar-refractivity contribution in [2.75, 3.05) is 5.73 Å². The van der Waals surface area contributed by atoms with Crippen LogP contribution in [0, 0.1) is 12.7 Å². The van der Waals surface area contributed by atoms with Crippen molar-refractivity contribution in [1.29, 1.82) is 0 Å². The molecule has 0 unspecified atom stereocenters. The van der Waals surface area contributed by atoms with Gasteiger partial charge in [-0.3, -0.25) is 9.78 Å². The molecule has 0 saturated carbocycles. The van der Waals surface area contributed by atoms with E-state index in [0.29, 0.717) is 17.0 Å². The van der Waals surface area contributed by atoms with Gasteiger partial charge in [0.1, 0.15) is 29.1 Å². The highest BCUT2D eigenvalue weighted by molar-refractivity contribution is 5.99. The molecular formula is C23H18FN7O2. The van der Waals surface area contributed by atoms with E-state index in [0.717, 1.165) is 11.3 Å². The van der Waals surface area contributed by atoms with Gasteiger partial charge in [0, 0.05) is 36.3 Å². The van der Waals surface area contributed by atoms with E-state index in [9.17, 15) is 9.18 Å². The van der Waals surface area contributed by atoms with Crippen molar-refractivity contribution in [2.24, 2.45) is 0 Å². The zero-order valence-electron chi connectivity index (χ0n) is 17.6. The number of oxazole rings is 1. The zero-order valence-corrected chi connectivity index (χ0v) is 17.6. The molecule has 5 aromatic heterocycles. The van der Waals surface area contributed by atoms with Gasteiger partial charge in [0.25, 0.3) is 0 Å². The maximum absolute atomic E-state index is 13.9. The van der Waals surface area contributed by atoms with E-state index in [1.165, 1.54) is 30.8 Å². The van der Waals surface area contributed by atoms with Crippen LogP contribution >= 0.6 is 0 Å². The number of nitrogen functional groups attached to an aromatic ring is 1. The molecule has 33 heavy (non-hydrogen) atoms. The number of imidazole rings is 1. The molecule has 0 aliphatic heterocycles. The number of halogens is 1. The molecule has 5 rings (SSSR count). The van der Waals surface area contributed by atoms with Crippen LogP contribution in [0.5, 0.6) is 0 Å². The molecule has 0 aliphatic rings. The monoisotopic (exact) mass is 443 g/mol. The Hall–Kier alpha value is -4.47. The number of hydrogen-bond donors (Lipinski definition) is 1. The first kappa shape index (κ1) is 20.4. The predicted octanol–water partition coefficient (Wildman–Crippen LogP) is 3.69. The number of pyridine rings is 2. The van der Waals surface area contributed by atoms with E-state index in [2.05, 4.69) is 24.9 Å². The Labute approximate surface area is 187 Å². The summed E-state index contributed by atoms with van der Waals surface area (Å²) in [6.07, 6.45) is 8.08. The van der Waals surface area contributed by atoms with Crippen LogP contribution in [0.1, 0.15) is 28.3 Å². The number of fused-ring (bicyclic) bond motifs is 1. The summed E-state index contributed by atoms with van der Waals surface area (Å²) in [6.45, 7) is 1.93. The van der Waals surface area contributed by atoms with E-state index >= 15 is 0 Å². The number of carbonyl (C=O) groups is 1. The van der Waals surface area contributed by atoms with Gasteiger partial charge in [0.15, 0.2) is 17.3 Å². The summed E-state index contributed by atoms with van der Waals surface area (Å²) in [5.74, 6) is -0.669. The summed E-state index contributed by atoms with van der Waals surface area (Å²) >= 11 is 0. The van der Waals surface area contributed by atoms with E-state index < -0.39 is 5.82 Å². The Kier molecular flexibility index (Phi) is 5.09. The van der Waals surface area contributed by atoms with Crippen molar-refractivity contribution in [3.8, 4) is 22.8 Å². The predicted molar refractivity (Wildman–Crippen MR) is 118 cm³/mol. The van der Waals surface area contributed by atoms with Crippen LogP contribution in [0.2, 0.25) is 0 Å². The minimum Gasteiger partial charge on any atom is -0.443 e. The normalized spacial score (nSPS) is 11.2. The van der Waals surface area contributed by atoms with Crippen molar-refractivity contribution in [2.45, 2.75) is 19.8 Å². The Morgan fingerprint density at radius 1 is 1.12 bits per heavy atom. The molecule has 0 aromatic carbocycles. The summed E-state index contributed by atoms with van der Waals surface area (Å²) in [5.41, 5.74) is 9.37. The number of rotatable bonds is 6. The maximum Gasteiger partial charge on any atom is 0.247 e. The van der Waals surface area contributed by atoms with Gasteiger partial charge in [-0.25, -0.2) is 24.3 Å². The van der Waals surface area contributed by atoms with Gasteiger partial charge in [0.05, 0.1) is 11.9 Å². The molecule has 10 heteroatoms. The van der Waals surface area contributed by atoms with E-state index in [1.54, 1.807) is 6.20 Å². The molecule has 5 heterocycles. The van der Waals surface area contributed by atoms with Crippen molar-refractivity contribution in [1.82, 2.24) is 29.3 Å². The van der Waals surface area contributed by atoms with Gasteiger partial charge in [-0.05, 0) is 37.6 Å². The summed E-state index contributed by atoms with van der Waals surface area (Å²) in [6, 6.07) is 6.46. The van der Waals surface area contributed by atoms with Crippen LogP contribution in [-0.2, 0) is 6.42 Å². The first-order chi connectivity index (χ1) is 16.0. The third-order valence-electron chi connectivity index (χ3n) is 5.21. The lowest BCUT2D eigenvalue weighted by molar-refractivity contribution is 0.0978. The minimum atomic E-state index is -0.465. The summed E-state index contributed by atoms with van der Waals surface area (Å²) in [4.78, 5) is 34.4. The molecule has 9 nitrogen and oxygen atoms in total. The van der Waals surface area contributed by atoms with Gasteiger partial charge in [-0.15, -0.1) is 0 Å². The Morgan fingerprint density at radius 3 is 2.79 bits per heavy atom. The summed E-state index contributed by atoms with van der Waals surface area (Å²) in [7, 11) is 0. The van der Waals surface area contributed by atoms with Gasteiger partial charge < -0.3 is 14.6 Å². The highest BCUT2D eigenvalue weighted by atomic mass is 19.1. The number of ketones is 1. The number of anilines is 1. The number of aromatic nitrogens is 6. The second-order valence-corrected chi connectivity index (χ2v) is 7.39. The highest BCUT2D eigenvalue weighted by Crippen LogP contribution is 2.31. The molecule has 0 atom stereocenters. The summed E-state index contributed by atoms with van der Waals surface area (Å²) < 4.78 is 21.2. The first-order valence-electron chi connectivity index (χ1n) is 10.2. The van der Waals surface area contributed by atoms with Crippen molar-refractivity contribution >= 4 is 17.2 Å². The molecule has 0 fully saturated rings. The average Bonchev–Trinajstić information content (AvgIpc) is 3.48. The van der Waals surface area contributed by atoms with Crippen LogP contribution in [0.15, 0.2) is 59.7 Å². The quantitative estimate of drug-likeness (QED) is 0.394. The fourth-order valence-corrected chi connectivity index (χ4v) is 3.54. The lowest BCUT2D eigenvalue weighted by Gasteiger charge is -2.11. The molecule has 0 amide bonds. The molecule has 0 bridgehead atoms. The number of hydrogen-bond acceptors (Lipinski definition) is 8. The average molecular weight is 443 g/mol. The van der Waals surface area contributed by atoms with Crippen molar-refractivity contribution in [3.05, 3.63) is 78.2 Å². The van der Waals surface area contributed by atoms with Crippen LogP contribution in [0.3, 0.4) is 0 Å². The summed E-state index contributed by atoms with van der Waals surface area (Å²) in [5, 5.41) is 0. The number of Topliss-reactive ketones (excluding diaryl/α,β-unsaturated/α-hetero) is 1. The van der Waals surface area contributed by atoms with Gasteiger partial charge in [-0.1, -0.05) is 0 Å². The molecule has 0 saturated heterocycles. The Morgan fingerprint density at radius 2 is 2.00 bits per heavy atom. The minimum absolute atomic E-state index is 0.000838. The van der Waals surface area contributed by atoms with Gasteiger partial charge in [0.2, 0.25) is 5.89 Å². The van der Waals surface area contributed by atoms with Crippen LogP contribution in [-0.4, -0.2) is 35.1 Å². The fraction of sp³-hybridized carbons (Fsp3) is 0.130. The number of carbonyl (C=O) groups excluding carboxylic acids is 1. The fourth-order valence-electron chi connectivity index (χ4n) is 3.54. The highest BCUT2D eigenvalue weighted by Gasteiger charge is 2.22. The Balaban J connectivity index is 1.57. The number of nitrogens with two attached hydrogens (primary N) is 1.